The normalized spacial score (nSPS) is 12.4. The molecule has 5 heteroatoms. The molecule has 0 saturated carbocycles. The minimum atomic E-state index is -0.212. The first kappa shape index (κ1) is 13.4. The maximum atomic E-state index is 11.7. The van der Waals surface area contributed by atoms with Gasteiger partial charge in [0.25, 0.3) is 0 Å². The van der Waals surface area contributed by atoms with Crippen LogP contribution in [-0.2, 0) is 13.6 Å². The maximum Gasteiger partial charge on any atom is 0.327 e. The quantitative estimate of drug-likeness (QED) is 0.882. The summed E-state index contributed by atoms with van der Waals surface area (Å²) in [4.78, 5) is 11.7. The zero-order valence-corrected chi connectivity index (χ0v) is 11.2. The second-order valence-electron chi connectivity index (χ2n) is 4.45. The highest BCUT2D eigenvalue weighted by atomic mass is 16.5. The zero-order valence-electron chi connectivity index (χ0n) is 11.2. The molecule has 0 radical (unpaired) electrons. The number of nitrogens with two attached hydrogens (primary N) is 1. The Morgan fingerprint density at radius 2 is 1.95 bits per heavy atom. The number of hydrogen-bond acceptors (Lipinski definition) is 3. The first-order chi connectivity index (χ1) is 9.11. The lowest BCUT2D eigenvalue weighted by Gasteiger charge is -2.13. The summed E-state index contributed by atoms with van der Waals surface area (Å²) in [5.41, 5.74) is 7.05. The zero-order chi connectivity index (χ0) is 13.8. The van der Waals surface area contributed by atoms with Crippen LogP contribution in [0.2, 0.25) is 0 Å². The standard InChI is InChI=1S/C14H19N3O2/c1-3-19-12-6-4-11(5-7-12)13(15)10-17-9-8-16(2)14(17)18/h4-9,13H,3,10,15H2,1-2H3. The third-order valence-corrected chi connectivity index (χ3v) is 3.03. The van der Waals surface area contributed by atoms with Crippen molar-refractivity contribution in [2.45, 2.75) is 19.5 Å². The van der Waals surface area contributed by atoms with E-state index in [0.717, 1.165) is 11.3 Å². The third-order valence-electron chi connectivity index (χ3n) is 3.03. The molecule has 0 aliphatic carbocycles. The molecule has 1 unspecified atom stereocenters. The Morgan fingerprint density at radius 1 is 1.26 bits per heavy atom. The Bertz CT molecular complexity index is 583. The van der Waals surface area contributed by atoms with E-state index in [0.29, 0.717) is 13.2 Å². The molecule has 2 N–H and O–H groups in total. The van der Waals surface area contributed by atoms with Crippen LogP contribution in [0.25, 0.3) is 0 Å². The number of ether oxygens (including phenoxy) is 1. The van der Waals surface area contributed by atoms with Gasteiger partial charge in [0.05, 0.1) is 6.61 Å². The molecule has 1 atom stereocenters. The Labute approximate surface area is 112 Å². The molecule has 0 saturated heterocycles. The van der Waals surface area contributed by atoms with E-state index in [2.05, 4.69) is 0 Å². The minimum absolute atomic E-state index is 0.0543. The molecule has 102 valence electrons. The van der Waals surface area contributed by atoms with Crippen LogP contribution >= 0.6 is 0 Å². The van der Waals surface area contributed by atoms with Crippen LogP contribution in [0.5, 0.6) is 5.75 Å². The number of rotatable bonds is 5. The molecule has 0 aliphatic rings. The highest BCUT2D eigenvalue weighted by Crippen LogP contribution is 2.17. The highest BCUT2D eigenvalue weighted by Gasteiger charge is 2.09. The van der Waals surface area contributed by atoms with E-state index in [1.54, 1.807) is 24.0 Å². The van der Waals surface area contributed by atoms with E-state index in [4.69, 9.17) is 10.5 Å². The third kappa shape index (κ3) is 3.06. The van der Waals surface area contributed by atoms with Crippen LogP contribution in [0.1, 0.15) is 18.5 Å². The summed E-state index contributed by atoms with van der Waals surface area (Å²) in [6.07, 6.45) is 3.48. The first-order valence-electron chi connectivity index (χ1n) is 6.32. The van der Waals surface area contributed by atoms with Crippen molar-refractivity contribution in [1.29, 1.82) is 0 Å². The molecule has 19 heavy (non-hydrogen) atoms. The lowest BCUT2D eigenvalue weighted by Crippen LogP contribution is -2.27. The first-order valence-corrected chi connectivity index (χ1v) is 6.32. The van der Waals surface area contributed by atoms with Crippen LogP contribution in [0, 0.1) is 0 Å². The largest absolute Gasteiger partial charge is 0.494 e. The van der Waals surface area contributed by atoms with Crippen molar-refractivity contribution in [3.05, 3.63) is 52.7 Å². The van der Waals surface area contributed by atoms with Gasteiger partial charge in [0, 0.05) is 32.0 Å². The summed E-state index contributed by atoms with van der Waals surface area (Å²) in [7, 11) is 1.72. The molecule has 0 bridgehead atoms. The molecule has 2 aromatic rings. The topological polar surface area (TPSA) is 62.2 Å². The van der Waals surface area contributed by atoms with Gasteiger partial charge in [-0.15, -0.1) is 0 Å². The van der Waals surface area contributed by atoms with Gasteiger partial charge in [0.2, 0.25) is 0 Å². The molecule has 0 aliphatic heterocycles. The SMILES string of the molecule is CCOc1ccc(C(N)Cn2ccn(C)c2=O)cc1. The monoisotopic (exact) mass is 261 g/mol. The number of hydrogen-bond donors (Lipinski definition) is 1. The number of nitrogens with zero attached hydrogens (tertiary/aromatic N) is 2. The van der Waals surface area contributed by atoms with Gasteiger partial charge in [0.1, 0.15) is 5.75 Å². The second kappa shape index (κ2) is 5.75. The van der Waals surface area contributed by atoms with E-state index in [9.17, 15) is 4.79 Å². The molecule has 1 aromatic carbocycles. The fraction of sp³-hybridized carbons (Fsp3) is 0.357. The molecule has 1 aromatic heterocycles. The van der Waals surface area contributed by atoms with Crippen molar-refractivity contribution in [2.75, 3.05) is 6.61 Å². The average molecular weight is 261 g/mol. The van der Waals surface area contributed by atoms with Crippen LogP contribution in [0.4, 0.5) is 0 Å². The summed E-state index contributed by atoms with van der Waals surface area (Å²) < 4.78 is 8.53. The molecular formula is C14H19N3O2. The van der Waals surface area contributed by atoms with Gasteiger partial charge in [0.15, 0.2) is 0 Å². The van der Waals surface area contributed by atoms with Gasteiger partial charge < -0.3 is 15.0 Å². The van der Waals surface area contributed by atoms with Crippen molar-refractivity contribution in [3.8, 4) is 5.75 Å². The summed E-state index contributed by atoms with van der Waals surface area (Å²) in [6, 6.07) is 7.45. The van der Waals surface area contributed by atoms with E-state index >= 15 is 0 Å². The predicted octanol–water partition coefficient (Wildman–Crippen LogP) is 1.29. The highest BCUT2D eigenvalue weighted by molar-refractivity contribution is 5.29. The van der Waals surface area contributed by atoms with Crippen molar-refractivity contribution in [1.82, 2.24) is 9.13 Å². The Balaban J connectivity index is 2.09. The van der Waals surface area contributed by atoms with E-state index in [1.165, 1.54) is 4.57 Å². The van der Waals surface area contributed by atoms with E-state index < -0.39 is 0 Å². The van der Waals surface area contributed by atoms with Crippen molar-refractivity contribution in [2.24, 2.45) is 12.8 Å². The van der Waals surface area contributed by atoms with Crippen LogP contribution in [0.3, 0.4) is 0 Å². The lowest BCUT2D eigenvalue weighted by atomic mass is 10.1. The summed E-state index contributed by atoms with van der Waals surface area (Å²) in [5.74, 6) is 0.829. The Hall–Kier alpha value is -2.01. The number of aromatic nitrogens is 2. The van der Waals surface area contributed by atoms with E-state index in [1.807, 2.05) is 31.2 Å². The van der Waals surface area contributed by atoms with Gasteiger partial charge >= 0.3 is 5.69 Å². The summed E-state index contributed by atoms with van der Waals surface area (Å²) >= 11 is 0. The molecular weight excluding hydrogens is 242 g/mol. The Morgan fingerprint density at radius 3 is 2.47 bits per heavy atom. The van der Waals surface area contributed by atoms with Crippen LogP contribution < -0.4 is 16.2 Å². The van der Waals surface area contributed by atoms with Gasteiger partial charge in [-0.3, -0.25) is 4.57 Å². The number of imidazole rings is 1. The summed E-state index contributed by atoms with van der Waals surface area (Å²) in [5, 5.41) is 0. The molecule has 1 heterocycles. The van der Waals surface area contributed by atoms with E-state index in [-0.39, 0.29) is 11.7 Å². The van der Waals surface area contributed by atoms with Crippen LogP contribution in [0.15, 0.2) is 41.5 Å². The average Bonchev–Trinajstić information content (AvgIpc) is 2.72. The smallest absolute Gasteiger partial charge is 0.327 e. The molecule has 0 spiro atoms. The minimum Gasteiger partial charge on any atom is -0.494 e. The van der Waals surface area contributed by atoms with Crippen molar-refractivity contribution < 1.29 is 4.74 Å². The van der Waals surface area contributed by atoms with Crippen molar-refractivity contribution in [3.63, 3.8) is 0 Å². The molecule has 0 amide bonds. The molecule has 2 rings (SSSR count). The fourth-order valence-corrected chi connectivity index (χ4v) is 1.94. The van der Waals surface area contributed by atoms with Gasteiger partial charge in [-0.25, -0.2) is 4.79 Å². The van der Waals surface area contributed by atoms with Gasteiger partial charge in [-0.1, -0.05) is 12.1 Å². The maximum absolute atomic E-state index is 11.7. The number of benzene rings is 1. The fourth-order valence-electron chi connectivity index (χ4n) is 1.94. The van der Waals surface area contributed by atoms with Gasteiger partial charge in [-0.05, 0) is 24.6 Å². The van der Waals surface area contributed by atoms with Crippen molar-refractivity contribution >= 4 is 0 Å². The van der Waals surface area contributed by atoms with Crippen LogP contribution in [-0.4, -0.2) is 15.7 Å². The molecule has 5 nitrogen and oxygen atoms in total. The molecule has 0 fully saturated rings. The lowest BCUT2D eigenvalue weighted by molar-refractivity contribution is 0.340. The Kier molecular flexibility index (Phi) is 4.06. The predicted molar refractivity (Wildman–Crippen MR) is 74.2 cm³/mol. The summed E-state index contributed by atoms with van der Waals surface area (Å²) in [6.45, 7) is 3.06. The second-order valence-corrected chi connectivity index (χ2v) is 4.45. The van der Waals surface area contributed by atoms with Gasteiger partial charge in [-0.2, -0.15) is 0 Å². The number of aryl methyl sites for hydroxylation is 1.